The SMILES string of the molecule is CCOc1cc(CCCN)ccc1OCc1ccccc1F. The molecule has 118 valence electrons. The molecule has 0 aliphatic carbocycles. The van der Waals surface area contributed by atoms with Crippen LogP contribution in [-0.4, -0.2) is 13.2 Å². The van der Waals surface area contributed by atoms with Crippen molar-refractivity contribution in [3.8, 4) is 11.5 Å². The molecule has 0 saturated carbocycles. The number of ether oxygens (including phenoxy) is 2. The van der Waals surface area contributed by atoms with E-state index in [1.807, 2.05) is 25.1 Å². The zero-order chi connectivity index (χ0) is 15.8. The van der Waals surface area contributed by atoms with Crippen molar-refractivity contribution in [2.45, 2.75) is 26.4 Å². The first kappa shape index (κ1) is 16.3. The molecule has 2 aromatic rings. The maximum atomic E-state index is 13.6. The molecular weight excluding hydrogens is 281 g/mol. The Balaban J connectivity index is 2.10. The first-order chi connectivity index (χ1) is 10.7. The number of hydrogen-bond donors (Lipinski definition) is 1. The third kappa shape index (κ3) is 4.46. The number of benzene rings is 2. The summed E-state index contributed by atoms with van der Waals surface area (Å²) in [6.07, 6.45) is 1.84. The Labute approximate surface area is 130 Å². The largest absolute Gasteiger partial charge is 0.490 e. The van der Waals surface area contributed by atoms with Gasteiger partial charge in [0.25, 0.3) is 0 Å². The van der Waals surface area contributed by atoms with Crippen LogP contribution in [-0.2, 0) is 13.0 Å². The van der Waals surface area contributed by atoms with Gasteiger partial charge in [-0.25, -0.2) is 4.39 Å². The van der Waals surface area contributed by atoms with Gasteiger partial charge in [-0.1, -0.05) is 24.3 Å². The molecule has 0 aliphatic heterocycles. The Morgan fingerprint density at radius 1 is 1.05 bits per heavy atom. The summed E-state index contributed by atoms with van der Waals surface area (Å²) in [5, 5.41) is 0. The third-order valence-corrected chi connectivity index (χ3v) is 3.32. The van der Waals surface area contributed by atoms with Gasteiger partial charge in [-0.2, -0.15) is 0 Å². The molecule has 4 heteroatoms. The molecule has 0 spiro atoms. The van der Waals surface area contributed by atoms with Crippen molar-refractivity contribution in [2.75, 3.05) is 13.2 Å². The molecule has 2 aromatic carbocycles. The van der Waals surface area contributed by atoms with Crippen molar-refractivity contribution < 1.29 is 13.9 Å². The Hall–Kier alpha value is -2.07. The molecule has 0 amide bonds. The highest BCUT2D eigenvalue weighted by molar-refractivity contribution is 5.43. The van der Waals surface area contributed by atoms with Crippen molar-refractivity contribution in [1.29, 1.82) is 0 Å². The van der Waals surface area contributed by atoms with Crippen LogP contribution in [0.4, 0.5) is 4.39 Å². The number of rotatable bonds is 8. The lowest BCUT2D eigenvalue weighted by molar-refractivity contribution is 0.265. The zero-order valence-corrected chi connectivity index (χ0v) is 12.8. The van der Waals surface area contributed by atoms with E-state index >= 15 is 0 Å². The first-order valence-corrected chi connectivity index (χ1v) is 7.56. The predicted octanol–water partition coefficient (Wildman–Crippen LogP) is 3.69. The molecule has 3 nitrogen and oxygen atoms in total. The van der Waals surface area contributed by atoms with E-state index in [1.54, 1.807) is 18.2 Å². The average Bonchev–Trinajstić information content (AvgIpc) is 2.53. The summed E-state index contributed by atoms with van der Waals surface area (Å²) in [6.45, 7) is 3.31. The summed E-state index contributed by atoms with van der Waals surface area (Å²) in [4.78, 5) is 0. The Kier molecular flexibility index (Phi) is 6.22. The summed E-state index contributed by atoms with van der Waals surface area (Å²) in [7, 11) is 0. The molecule has 0 aromatic heterocycles. The van der Waals surface area contributed by atoms with E-state index in [2.05, 4.69) is 0 Å². The van der Waals surface area contributed by atoms with Crippen molar-refractivity contribution in [1.82, 2.24) is 0 Å². The summed E-state index contributed by atoms with van der Waals surface area (Å²) in [6, 6.07) is 12.4. The molecule has 0 saturated heterocycles. The van der Waals surface area contributed by atoms with Gasteiger partial charge in [0.15, 0.2) is 11.5 Å². The molecule has 0 unspecified atom stereocenters. The summed E-state index contributed by atoms with van der Waals surface area (Å²) < 4.78 is 25.0. The minimum absolute atomic E-state index is 0.175. The van der Waals surface area contributed by atoms with Crippen LogP contribution in [0.1, 0.15) is 24.5 Å². The molecular formula is C18H22FNO2. The molecule has 0 aliphatic rings. The van der Waals surface area contributed by atoms with Gasteiger partial charge < -0.3 is 15.2 Å². The number of nitrogens with two attached hydrogens (primary N) is 1. The van der Waals surface area contributed by atoms with Crippen LogP contribution in [0.25, 0.3) is 0 Å². The molecule has 0 bridgehead atoms. The maximum absolute atomic E-state index is 13.6. The van der Waals surface area contributed by atoms with Gasteiger partial charge in [-0.3, -0.25) is 0 Å². The summed E-state index contributed by atoms with van der Waals surface area (Å²) >= 11 is 0. The molecule has 0 radical (unpaired) electrons. The number of hydrogen-bond acceptors (Lipinski definition) is 3. The topological polar surface area (TPSA) is 44.5 Å². The second kappa shape index (κ2) is 8.39. The van der Waals surface area contributed by atoms with E-state index in [4.69, 9.17) is 15.2 Å². The second-order valence-corrected chi connectivity index (χ2v) is 4.99. The third-order valence-electron chi connectivity index (χ3n) is 3.32. The molecule has 2 rings (SSSR count). The monoisotopic (exact) mass is 303 g/mol. The number of halogens is 1. The van der Waals surface area contributed by atoms with Crippen LogP contribution in [0.5, 0.6) is 11.5 Å². The Morgan fingerprint density at radius 3 is 2.59 bits per heavy atom. The molecule has 0 fully saturated rings. The summed E-state index contributed by atoms with van der Waals surface area (Å²) in [5.41, 5.74) is 7.22. The molecule has 0 heterocycles. The van der Waals surface area contributed by atoms with E-state index < -0.39 is 0 Å². The van der Waals surface area contributed by atoms with Crippen molar-refractivity contribution in [3.63, 3.8) is 0 Å². The highest BCUT2D eigenvalue weighted by Gasteiger charge is 2.08. The van der Waals surface area contributed by atoms with Crippen LogP contribution >= 0.6 is 0 Å². The van der Waals surface area contributed by atoms with Crippen LogP contribution < -0.4 is 15.2 Å². The normalized spacial score (nSPS) is 10.5. The fraction of sp³-hybridized carbons (Fsp3) is 0.333. The van der Waals surface area contributed by atoms with E-state index in [0.29, 0.717) is 30.2 Å². The second-order valence-electron chi connectivity index (χ2n) is 4.99. The van der Waals surface area contributed by atoms with Gasteiger partial charge in [0.1, 0.15) is 12.4 Å². The van der Waals surface area contributed by atoms with Crippen molar-refractivity contribution >= 4 is 0 Å². The zero-order valence-electron chi connectivity index (χ0n) is 12.8. The van der Waals surface area contributed by atoms with Crippen LogP contribution in [0, 0.1) is 5.82 Å². The predicted molar refractivity (Wildman–Crippen MR) is 85.7 cm³/mol. The lowest BCUT2D eigenvalue weighted by atomic mass is 10.1. The van der Waals surface area contributed by atoms with E-state index in [0.717, 1.165) is 18.4 Å². The molecule has 2 N–H and O–H groups in total. The fourth-order valence-corrected chi connectivity index (χ4v) is 2.17. The Morgan fingerprint density at radius 2 is 1.86 bits per heavy atom. The smallest absolute Gasteiger partial charge is 0.161 e. The lowest BCUT2D eigenvalue weighted by Gasteiger charge is -2.13. The fourth-order valence-electron chi connectivity index (χ4n) is 2.17. The highest BCUT2D eigenvalue weighted by atomic mass is 19.1. The van der Waals surface area contributed by atoms with Gasteiger partial charge in [-0.05, 0) is 50.1 Å². The van der Waals surface area contributed by atoms with E-state index in [9.17, 15) is 4.39 Å². The number of aryl methyl sites for hydroxylation is 1. The van der Waals surface area contributed by atoms with Crippen molar-refractivity contribution in [3.05, 3.63) is 59.4 Å². The Bertz CT molecular complexity index is 601. The minimum atomic E-state index is -0.264. The van der Waals surface area contributed by atoms with Gasteiger partial charge >= 0.3 is 0 Å². The van der Waals surface area contributed by atoms with Crippen LogP contribution in [0.15, 0.2) is 42.5 Å². The quantitative estimate of drug-likeness (QED) is 0.809. The van der Waals surface area contributed by atoms with E-state index in [-0.39, 0.29) is 12.4 Å². The van der Waals surface area contributed by atoms with Gasteiger partial charge in [-0.15, -0.1) is 0 Å². The molecule has 0 atom stereocenters. The van der Waals surface area contributed by atoms with Crippen LogP contribution in [0.2, 0.25) is 0 Å². The average molecular weight is 303 g/mol. The highest BCUT2D eigenvalue weighted by Crippen LogP contribution is 2.30. The van der Waals surface area contributed by atoms with Gasteiger partial charge in [0.2, 0.25) is 0 Å². The van der Waals surface area contributed by atoms with E-state index in [1.165, 1.54) is 6.07 Å². The van der Waals surface area contributed by atoms with Gasteiger partial charge in [0, 0.05) is 5.56 Å². The van der Waals surface area contributed by atoms with Crippen LogP contribution in [0.3, 0.4) is 0 Å². The standard InChI is InChI=1S/C18H22FNO2/c1-2-21-18-12-14(6-5-11-20)9-10-17(18)22-13-15-7-3-4-8-16(15)19/h3-4,7-10,12H,2,5-6,11,13,20H2,1H3. The van der Waals surface area contributed by atoms with Gasteiger partial charge in [0.05, 0.1) is 6.61 Å². The molecule has 22 heavy (non-hydrogen) atoms. The lowest BCUT2D eigenvalue weighted by Crippen LogP contribution is -2.03. The van der Waals surface area contributed by atoms with Crippen molar-refractivity contribution in [2.24, 2.45) is 5.73 Å². The minimum Gasteiger partial charge on any atom is -0.490 e. The first-order valence-electron chi connectivity index (χ1n) is 7.56. The summed E-state index contributed by atoms with van der Waals surface area (Å²) in [5.74, 6) is 1.05. The maximum Gasteiger partial charge on any atom is 0.161 e.